The lowest BCUT2D eigenvalue weighted by Gasteiger charge is -2.24. The molecule has 8 nitrogen and oxygen atoms in total. The first-order chi connectivity index (χ1) is 53.8. The van der Waals surface area contributed by atoms with E-state index in [1.165, 1.54) is 206 Å². The van der Waals surface area contributed by atoms with Crippen LogP contribution < -0.4 is 18.3 Å². The van der Waals surface area contributed by atoms with Crippen molar-refractivity contribution >= 4 is 43.4 Å². The van der Waals surface area contributed by atoms with Gasteiger partial charge in [-0.15, -0.1) is 0 Å². The molecule has 0 aliphatic heterocycles. The number of para-hydroxylation sites is 1. The van der Waals surface area contributed by atoms with Gasteiger partial charge in [0.05, 0.1) is 50.4 Å². The molecule has 0 unspecified atom stereocenters. The molecule has 0 saturated heterocycles. The lowest BCUT2D eigenvalue weighted by molar-refractivity contribution is -0.659. The third-order valence-electron chi connectivity index (χ3n) is 25.0. The summed E-state index contributed by atoms with van der Waals surface area (Å²) in [6.45, 7) is 31.9. The van der Waals surface area contributed by atoms with E-state index in [1.807, 2.05) is 43.0 Å². The predicted octanol–water partition coefficient (Wildman–Crippen LogP) is 22.6. The van der Waals surface area contributed by atoms with Gasteiger partial charge in [0.2, 0.25) is 33.8 Å². The molecule has 0 fully saturated rings. The number of hydrogen-bond donors (Lipinski definition) is 0. The summed E-state index contributed by atoms with van der Waals surface area (Å²) in [5.41, 5.74) is 39.7. The fourth-order valence-corrected chi connectivity index (χ4v) is 19.7. The molecule has 0 bridgehead atoms. The fraction of sp³-hybridized carbons (Fsp3) is 0.231. The number of hydrogen-bond acceptors (Lipinski definition) is 4. The summed E-state index contributed by atoms with van der Waals surface area (Å²) in [6, 6.07) is 81.3. The van der Waals surface area contributed by atoms with Crippen molar-refractivity contribution in [1.29, 1.82) is 0 Å². The zero-order valence-corrected chi connectivity index (χ0v) is 68.2. The zero-order valence-electron chi connectivity index (χ0n) is 68.2. The van der Waals surface area contributed by atoms with Gasteiger partial charge in [0.1, 0.15) is 28.2 Å². The normalized spacial score (nSPS) is 14.2. The first kappa shape index (κ1) is 72.8. The van der Waals surface area contributed by atoms with Crippen molar-refractivity contribution in [2.45, 2.75) is 125 Å². The Bertz CT molecular complexity index is 6440. The summed E-state index contributed by atoms with van der Waals surface area (Å²) in [7, 11) is 8.68. The molecule has 8 aromatic carbocycles. The largest absolute Gasteiger partial charge is 0.260 e. The van der Waals surface area contributed by atoms with Crippen molar-refractivity contribution in [1.82, 2.24) is 19.9 Å². The van der Waals surface area contributed by atoms with Crippen LogP contribution in [0.3, 0.4) is 0 Å². The van der Waals surface area contributed by atoms with Crippen LogP contribution in [0.1, 0.15) is 142 Å². The van der Waals surface area contributed by atoms with E-state index in [0.717, 1.165) is 6.42 Å². The van der Waals surface area contributed by atoms with Crippen molar-refractivity contribution in [3.05, 3.63) is 334 Å². The van der Waals surface area contributed by atoms with Gasteiger partial charge in [-0.25, -0.2) is 9.13 Å². The van der Waals surface area contributed by atoms with Gasteiger partial charge in [0.15, 0.2) is 12.4 Å². The van der Waals surface area contributed by atoms with Gasteiger partial charge in [-0.1, -0.05) is 203 Å². The second-order valence-electron chi connectivity index (χ2n) is 34.1. The highest BCUT2D eigenvalue weighted by atomic mass is 15.0. The molecule has 112 heavy (non-hydrogen) atoms. The van der Waals surface area contributed by atoms with Crippen LogP contribution in [-0.4, -0.2) is 19.9 Å². The van der Waals surface area contributed by atoms with Crippen LogP contribution in [0.4, 0.5) is 0 Å². The number of benzene rings is 8. The molecule has 0 saturated carbocycles. The topological polar surface area (TPSA) is 67.1 Å². The van der Waals surface area contributed by atoms with Gasteiger partial charge >= 0.3 is 0 Å². The monoisotopic (exact) mass is 1460 g/mol. The summed E-state index contributed by atoms with van der Waals surface area (Å²) in [5, 5.41) is 7.72. The highest BCUT2D eigenvalue weighted by Crippen LogP contribution is 2.56. The Hall–Kier alpha value is -12.0. The number of aryl methyl sites for hydroxylation is 8. The summed E-state index contributed by atoms with van der Waals surface area (Å²) < 4.78 is 9.23. The van der Waals surface area contributed by atoms with Crippen molar-refractivity contribution in [3.8, 4) is 89.5 Å². The number of rotatable bonds is 6. The van der Waals surface area contributed by atoms with Gasteiger partial charge in [-0.05, 0) is 178 Å². The average molecular weight is 1460 g/mol. The molecular formula is C104H100N8+4. The molecule has 0 amide bonds. The van der Waals surface area contributed by atoms with Crippen LogP contribution in [0.5, 0.6) is 0 Å². The Kier molecular flexibility index (Phi) is 17.9. The zero-order chi connectivity index (χ0) is 78.2. The molecule has 0 atom stereocenters. The van der Waals surface area contributed by atoms with Gasteiger partial charge < -0.3 is 0 Å². The molecule has 8 heteroatoms. The van der Waals surface area contributed by atoms with Crippen molar-refractivity contribution < 1.29 is 18.3 Å². The first-order valence-electron chi connectivity index (χ1n) is 39.7. The number of nitrogens with zero attached hydrogens (tertiary/aromatic N) is 8. The van der Waals surface area contributed by atoms with E-state index >= 15 is 0 Å². The Balaban J connectivity index is 0.000000109. The fourth-order valence-electron chi connectivity index (χ4n) is 19.7. The second-order valence-corrected chi connectivity index (χ2v) is 34.1. The lowest BCUT2D eigenvalue weighted by Crippen LogP contribution is -2.33. The third kappa shape index (κ3) is 11.6. The SMILES string of the molecule is Cc1ccc2c(c1-c1c3ccccc3cc[n+]1C)C(C)(C)c1ncccc1-2.Cc1ccc2c(c1-c1cc3ccccc3c[n+]1C)C(C)(C)c1ncccc1-2.Cc1ccc2c(c1-c1ccc3c(CC(C)C)cccc3[n+]1C)C(C)(C)c1ncccc1-2.Cc1ccc2c(c1-c1ccc3ccccc3[n+]1C)C(C)(C)c1ncccc1-2. The summed E-state index contributed by atoms with van der Waals surface area (Å²) in [5.74, 6) is 0.641. The van der Waals surface area contributed by atoms with Gasteiger partial charge in [-0.3, -0.25) is 19.9 Å². The molecular weight excluding hydrogens is 1360 g/mol. The maximum absolute atomic E-state index is 4.80. The van der Waals surface area contributed by atoms with Crippen LogP contribution in [0.2, 0.25) is 0 Å². The van der Waals surface area contributed by atoms with E-state index < -0.39 is 0 Å². The standard InChI is InChI=1S/C29H31N2.3C25H23N2/c1-18(2)17-20-9-7-11-24-21(20)14-15-25(31(24)6)26-19(3)12-13-22-23-10-8-16-30-28(23)29(4,5)27(22)26;1-16-11-13-18-19-9-7-15-26-24(19)25(2,3)23(18)22(16)21-14-12-17-8-5-6-10-20(17)27(21)4;1-16-11-12-19-20-10-7-14-26-24(20)25(2,3)22(19)21(16)23-18-9-6-5-8-17(18)13-15-27(23)4;1-16-11-12-19-20-10-7-13-26-24(20)25(2,3)23(19)22(16)21-14-17-8-5-6-9-18(17)15-27(21)4/h7-16,18H,17H2,1-6H3;3*5-15H,1-4H3/q4*+1. The third-order valence-corrected chi connectivity index (χ3v) is 25.0. The van der Waals surface area contributed by atoms with Crippen molar-refractivity contribution in [2.75, 3.05) is 0 Å². The maximum atomic E-state index is 4.80. The molecule has 0 N–H and O–H groups in total. The number of aromatic nitrogens is 8. The van der Waals surface area contributed by atoms with E-state index in [2.05, 4.69) is 362 Å². The molecule has 552 valence electrons. The van der Waals surface area contributed by atoms with E-state index in [0.29, 0.717) is 5.92 Å². The number of pyridine rings is 8. The Morgan fingerprint density at radius 1 is 0.312 bits per heavy atom. The van der Waals surface area contributed by atoms with E-state index in [9.17, 15) is 0 Å². The molecule has 4 aliphatic carbocycles. The van der Waals surface area contributed by atoms with Gasteiger partial charge in [0, 0.05) is 121 Å². The predicted molar refractivity (Wildman–Crippen MR) is 461 cm³/mol. The van der Waals surface area contributed by atoms with Crippen LogP contribution in [0.25, 0.3) is 133 Å². The second kappa shape index (κ2) is 27.5. The minimum Gasteiger partial charge on any atom is -0.260 e. The molecule has 20 rings (SSSR count). The number of fused-ring (bicyclic) bond motifs is 16. The molecule has 0 radical (unpaired) electrons. The Morgan fingerprint density at radius 3 is 1.19 bits per heavy atom. The van der Waals surface area contributed by atoms with E-state index in [4.69, 9.17) is 19.9 Å². The van der Waals surface area contributed by atoms with Crippen LogP contribution in [0, 0.1) is 33.6 Å². The van der Waals surface area contributed by atoms with E-state index in [-0.39, 0.29) is 21.7 Å². The first-order valence-corrected chi connectivity index (χ1v) is 39.7. The van der Waals surface area contributed by atoms with Gasteiger partial charge in [-0.2, -0.15) is 9.13 Å². The van der Waals surface area contributed by atoms with E-state index in [1.54, 1.807) is 0 Å². The highest BCUT2D eigenvalue weighted by Gasteiger charge is 2.46. The highest BCUT2D eigenvalue weighted by molar-refractivity contribution is 5.99. The van der Waals surface area contributed by atoms with Crippen LogP contribution in [-0.2, 0) is 56.3 Å². The summed E-state index contributed by atoms with van der Waals surface area (Å²) in [6.07, 6.45) is 13.2. The smallest absolute Gasteiger partial charge is 0.220 e. The molecule has 8 heterocycles. The van der Waals surface area contributed by atoms with Crippen LogP contribution >= 0.6 is 0 Å². The molecule has 0 spiro atoms. The Morgan fingerprint density at radius 2 is 0.705 bits per heavy atom. The van der Waals surface area contributed by atoms with Crippen molar-refractivity contribution in [3.63, 3.8) is 0 Å². The molecule has 8 aromatic heterocycles. The van der Waals surface area contributed by atoms with Crippen LogP contribution in [0.15, 0.2) is 262 Å². The Labute approximate surface area is 660 Å². The quantitative estimate of drug-likeness (QED) is 0.156. The minimum atomic E-state index is -0.130. The summed E-state index contributed by atoms with van der Waals surface area (Å²) >= 11 is 0. The summed E-state index contributed by atoms with van der Waals surface area (Å²) in [4.78, 5) is 19.1. The van der Waals surface area contributed by atoms with Crippen molar-refractivity contribution in [2.24, 2.45) is 34.1 Å². The average Bonchev–Trinajstić information content (AvgIpc) is 1.58. The molecule has 4 aliphatic rings. The lowest BCUT2D eigenvalue weighted by atomic mass is 9.79. The maximum Gasteiger partial charge on any atom is 0.220 e. The van der Waals surface area contributed by atoms with Gasteiger partial charge in [0.25, 0.3) is 0 Å². The molecule has 16 aromatic rings. The minimum absolute atomic E-state index is 0.119.